The summed E-state index contributed by atoms with van der Waals surface area (Å²) in [6.07, 6.45) is 2.89. The van der Waals surface area contributed by atoms with Crippen LogP contribution in [-0.4, -0.2) is 45.5 Å². The minimum atomic E-state index is -0.582. The molecule has 7 N–H and O–H groups in total. The molecule has 116 valence electrons. The average molecular weight is 337 g/mol. The fraction of sp³-hybridized carbons (Fsp3) is 0.667. The summed E-state index contributed by atoms with van der Waals surface area (Å²) in [6, 6.07) is 0. The number of rotatable bonds is 0. The first kappa shape index (κ1) is 32.1. The van der Waals surface area contributed by atoms with Gasteiger partial charge in [0.25, 0.3) is 0 Å². The van der Waals surface area contributed by atoms with Crippen molar-refractivity contribution in [1.29, 1.82) is 10.8 Å². The summed E-state index contributed by atoms with van der Waals surface area (Å²) in [6.45, 7) is 5.32. The molecule has 0 aliphatic rings. The molecule has 0 saturated carbocycles. The van der Waals surface area contributed by atoms with E-state index in [1.807, 2.05) is 0 Å². The zero-order valence-electron chi connectivity index (χ0n) is 12.6. The van der Waals surface area contributed by atoms with Crippen molar-refractivity contribution in [2.24, 2.45) is 5.73 Å². The molecule has 0 atom stereocenters. The fourth-order valence-electron chi connectivity index (χ4n) is 0.447. The van der Waals surface area contributed by atoms with Gasteiger partial charge in [0.15, 0.2) is 10.3 Å². The largest absolute Gasteiger partial charge is 1.00 e. The Balaban J connectivity index is -0.0000000821. The topological polar surface area (TPSA) is 172 Å². The van der Waals surface area contributed by atoms with Crippen LogP contribution in [0.4, 0.5) is 4.79 Å². The summed E-state index contributed by atoms with van der Waals surface area (Å²) in [4.78, 5) is 10.9. The van der Waals surface area contributed by atoms with Crippen LogP contribution in [0.25, 0.3) is 0 Å². The van der Waals surface area contributed by atoms with Crippen LogP contribution in [0.2, 0.25) is 0 Å². The van der Waals surface area contributed by atoms with Crippen LogP contribution in [0, 0.1) is 10.8 Å². The monoisotopic (exact) mass is 337 g/mol. The van der Waals surface area contributed by atoms with Gasteiger partial charge in [0.05, 0.1) is 0 Å². The Hall–Kier alpha value is 0.0300. The fourth-order valence-corrected chi connectivity index (χ4v) is 0.633. The number of amides is 1. The van der Waals surface area contributed by atoms with Gasteiger partial charge >= 0.3 is 35.7 Å². The van der Waals surface area contributed by atoms with Gasteiger partial charge in [0.1, 0.15) is 5.60 Å². The molecule has 1 amide bonds. The van der Waals surface area contributed by atoms with E-state index < -0.39 is 11.7 Å². The van der Waals surface area contributed by atoms with E-state index in [4.69, 9.17) is 21.3 Å². The number of hydrogen-bond donors (Lipinski definition) is 4. The van der Waals surface area contributed by atoms with Crippen LogP contribution in [0.5, 0.6) is 0 Å². The summed E-state index contributed by atoms with van der Waals surface area (Å²) in [5, 5.41) is 16.1. The van der Waals surface area contributed by atoms with Gasteiger partial charge in [0.2, 0.25) is 0 Å². The maximum absolute atomic E-state index is 10.9. The standard InChI is InChI=1S/C7H14N2O2S.C2H6N2S.Na.2H2O/c1-7(2,3)11-6(10)9-5(8)12-4;1-5-2(3)4;;;/h1-4H3,(H2,8,9,10);1H3,(H3,3,4);;2*1H2/q;;+1;;/p-2. The van der Waals surface area contributed by atoms with E-state index in [0.29, 0.717) is 0 Å². The second kappa shape index (κ2) is 17.1. The maximum Gasteiger partial charge on any atom is 1.00 e. The molecule has 0 aromatic carbocycles. The Morgan fingerprint density at radius 3 is 1.70 bits per heavy atom. The number of amidine groups is 2. The molecule has 0 aromatic heterocycles. The second-order valence-electron chi connectivity index (χ2n) is 3.73. The third-order valence-corrected chi connectivity index (χ3v) is 1.99. The number of alkyl carbamates (subject to hydrolysis) is 1. The van der Waals surface area contributed by atoms with E-state index in [0.717, 1.165) is 11.8 Å². The molecule has 0 aliphatic carbocycles. The normalized spacial score (nSPS) is 8.25. The molecule has 0 saturated heterocycles. The molecule has 0 aromatic rings. The number of carbonyl (C=O) groups is 1. The van der Waals surface area contributed by atoms with Crippen LogP contribution in [-0.2, 0) is 4.74 Å². The molecule has 0 fully saturated rings. The number of nitrogens with one attached hydrogen (secondary N) is 3. The maximum atomic E-state index is 10.9. The predicted molar refractivity (Wildman–Crippen MR) is 79.9 cm³/mol. The molecule has 20 heavy (non-hydrogen) atoms. The molecule has 0 bridgehead atoms. The molecule has 0 heterocycles. The van der Waals surface area contributed by atoms with E-state index in [-0.39, 0.29) is 50.8 Å². The van der Waals surface area contributed by atoms with Gasteiger partial charge < -0.3 is 21.4 Å². The van der Waals surface area contributed by atoms with Gasteiger partial charge in [-0.2, -0.15) is 0 Å². The van der Waals surface area contributed by atoms with Crippen molar-refractivity contribution < 1.29 is 50.0 Å². The summed E-state index contributed by atoms with van der Waals surface area (Å²) in [5.74, 6) is 0. The van der Waals surface area contributed by atoms with E-state index in [1.165, 1.54) is 11.8 Å². The zero-order valence-corrected chi connectivity index (χ0v) is 16.2. The van der Waals surface area contributed by atoms with E-state index in [1.54, 1.807) is 33.3 Å². The smallest absolute Gasteiger partial charge is 0.870 e. The molecule has 0 radical (unpaired) electrons. The van der Waals surface area contributed by atoms with E-state index in [2.05, 4.69) is 5.32 Å². The minimum absolute atomic E-state index is 0. The average Bonchev–Trinajstić information content (AvgIpc) is 2.15. The third kappa shape index (κ3) is 30.8. The van der Waals surface area contributed by atoms with Crippen LogP contribution >= 0.6 is 23.5 Å². The number of carbonyl (C=O) groups excluding carboxylic acids is 1. The molecule has 0 unspecified atom stereocenters. The minimum Gasteiger partial charge on any atom is -0.870 e. The third-order valence-electron chi connectivity index (χ3n) is 1.04. The van der Waals surface area contributed by atoms with Gasteiger partial charge in [0, 0.05) is 0 Å². The van der Waals surface area contributed by atoms with Crippen LogP contribution in [0.15, 0.2) is 0 Å². The van der Waals surface area contributed by atoms with Crippen LogP contribution < -0.4 is 40.6 Å². The summed E-state index contributed by atoms with van der Waals surface area (Å²) in [5.41, 5.74) is 4.33. The Labute approximate surface area is 150 Å². The van der Waals surface area contributed by atoms with Crippen molar-refractivity contribution in [3.05, 3.63) is 0 Å². The quantitative estimate of drug-likeness (QED) is 0.241. The SMILES string of the molecule is CSC(=N)N.CSC(=N)NC(=O)OC(C)(C)C.[Na+].[OH-].[OH-]. The van der Waals surface area contributed by atoms with Crippen molar-refractivity contribution in [3.8, 4) is 0 Å². The van der Waals surface area contributed by atoms with Gasteiger partial charge in [-0.25, -0.2) is 4.79 Å². The first-order valence-electron chi connectivity index (χ1n) is 4.63. The van der Waals surface area contributed by atoms with Crippen LogP contribution in [0.1, 0.15) is 20.8 Å². The molecule has 0 rings (SSSR count). The van der Waals surface area contributed by atoms with Crippen molar-refractivity contribution >= 4 is 40.0 Å². The number of ether oxygens (including phenoxy) is 1. The Kier molecular flexibility index (Phi) is 27.4. The Bertz CT molecular complexity index is 288. The van der Waals surface area contributed by atoms with E-state index >= 15 is 0 Å². The summed E-state index contributed by atoms with van der Waals surface area (Å²) in [7, 11) is 0. The predicted octanol–water partition coefficient (Wildman–Crippen LogP) is -1.30. The van der Waals surface area contributed by atoms with Crippen molar-refractivity contribution in [2.45, 2.75) is 26.4 Å². The molecular weight excluding hydrogens is 315 g/mol. The van der Waals surface area contributed by atoms with Crippen molar-refractivity contribution in [1.82, 2.24) is 5.32 Å². The zero-order chi connectivity index (χ0) is 14.1. The molecule has 8 nitrogen and oxygen atoms in total. The number of nitrogens with two attached hydrogens (primary N) is 1. The second-order valence-corrected chi connectivity index (χ2v) is 5.39. The summed E-state index contributed by atoms with van der Waals surface area (Å²) >= 11 is 2.39. The van der Waals surface area contributed by atoms with Gasteiger partial charge in [-0.05, 0) is 33.3 Å². The van der Waals surface area contributed by atoms with E-state index in [9.17, 15) is 4.79 Å². The molecular formula is C9H22N4NaO4S2-. The van der Waals surface area contributed by atoms with Gasteiger partial charge in [-0.1, -0.05) is 23.5 Å². The first-order chi connectivity index (χ1) is 7.62. The summed E-state index contributed by atoms with van der Waals surface area (Å²) < 4.78 is 4.91. The van der Waals surface area contributed by atoms with Crippen molar-refractivity contribution in [3.63, 3.8) is 0 Å². The van der Waals surface area contributed by atoms with Crippen LogP contribution in [0.3, 0.4) is 0 Å². The molecule has 0 spiro atoms. The Morgan fingerprint density at radius 1 is 1.15 bits per heavy atom. The molecule has 11 heteroatoms. The number of thioether (sulfide) groups is 2. The van der Waals surface area contributed by atoms with Gasteiger partial charge in [-0.15, -0.1) is 0 Å². The molecule has 0 aliphatic heterocycles. The van der Waals surface area contributed by atoms with Crippen molar-refractivity contribution in [2.75, 3.05) is 12.5 Å². The number of hydrogen-bond acceptors (Lipinski definition) is 8. The Morgan fingerprint density at radius 2 is 1.50 bits per heavy atom. The first-order valence-corrected chi connectivity index (χ1v) is 7.08. The van der Waals surface area contributed by atoms with Gasteiger partial charge in [-0.3, -0.25) is 16.1 Å².